The minimum atomic E-state index is -2.79. The maximum Gasteiger partial charge on any atom is 0.151 e. The van der Waals surface area contributed by atoms with Crippen LogP contribution in [0.3, 0.4) is 0 Å². The molecule has 18 heavy (non-hydrogen) atoms. The zero-order valence-electron chi connectivity index (χ0n) is 12.0. The van der Waals surface area contributed by atoms with Gasteiger partial charge in [-0.2, -0.15) is 0 Å². The minimum absolute atomic E-state index is 0.327. The van der Waals surface area contributed by atoms with E-state index in [0.29, 0.717) is 30.0 Å². The monoisotopic (exact) mass is 276 g/mol. The Kier molecular flexibility index (Phi) is 6.60. The Bertz CT molecular complexity index is 328. The molecule has 4 nitrogen and oxygen atoms in total. The van der Waals surface area contributed by atoms with Crippen LogP contribution in [-0.2, 0) is 9.84 Å². The summed E-state index contributed by atoms with van der Waals surface area (Å²) in [5.74, 6) is 1.35. The third-order valence-corrected chi connectivity index (χ3v) is 5.23. The standard InChI is InChI=1S/C13H28N2O2S/c1-4-13(11-14-10-12(2)3)15-6-5-8-18(16,17)9-7-15/h12-14H,4-11H2,1-3H3. The molecule has 1 unspecified atom stereocenters. The van der Waals surface area contributed by atoms with E-state index in [1.165, 1.54) is 0 Å². The summed E-state index contributed by atoms with van der Waals surface area (Å²) >= 11 is 0. The first kappa shape index (κ1) is 15.9. The van der Waals surface area contributed by atoms with Crippen LogP contribution in [0.5, 0.6) is 0 Å². The van der Waals surface area contributed by atoms with Crippen molar-refractivity contribution in [3.05, 3.63) is 0 Å². The number of hydrogen-bond acceptors (Lipinski definition) is 4. The van der Waals surface area contributed by atoms with Gasteiger partial charge >= 0.3 is 0 Å². The number of nitrogens with zero attached hydrogens (tertiary/aromatic N) is 1. The number of hydrogen-bond donors (Lipinski definition) is 1. The fraction of sp³-hybridized carbons (Fsp3) is 1.00. The van der Waals surface area contributed by atoms with Crippen LogP contribution in [0.4, 0.5) is 0 Å². The Labute approximate surface area is 112 Å². The van der Waals surface area contributed by atoms with E-state index in [0.717, 1.165) is 32.5 Å². The van der Waals surface area contributed by atoms with Gasteiger partial charge in [0.2, 0.25) is 0 Å². The summed E-state index contributed by atoms with van der Waals surface area (Å²) in [4.78, 5) is 2.35. The third-order valence-electron chi connectivity index (χ3n) is 3.51. The molecule has 1 fully saturated rings. The molecular weight excluding hydrogens is 248 g/mol. The lowest BCUT2D eigenvalue weighted by Crippen LogP contribution is -2.44. The summed E-state index contributed by atoms with van der Waals surface area (Å²) in [6.45, 7) is 10.2. The molecule has 0 amide bonds. The van der Waals surface area contributed by atoms with Gasteiger partial charge in [-0.15, -0.1) is 0 Å². The van der Waals surface area contributed by atoms with Gasteiger partial charge in [0, 0.05) is 19.1 Å². The average Bonchev–Trinajstić information content (AvgIpc) is 2.46. The van der Waals surface area contributed by atoms with Gasteiger partial charge in [0.15, 0.2) is 9.84 Å². The van der Waals surface area contributed by atoms with E-state index in [2.05, 4.69) is 31.0 Å². The van der Waals surface area contributed by atoms with Crippen molar-refractivity contribution in [2.75, 3.05) is 37.7 Å². The van der Waals surface area contributed by atoms with Gasteiger partial charge in [-0.25, -0.2) is 8.42 Å². The molecule has 0 spiro atoms. The van der Waals surface area contributed by atoms with Gasteiger partial charge in [-0.05, 0) is 31.8 Å². The van der Waals surface area contributed by atoms with Crippen molar-refractivity contribution in [3.8, 4) is 0 Å². The predicted octanol–water partition coefficient (Wildman–Crippen LogP) is 1.13. The molecule has 5 heteroatoms. The van der Waals surface area contributed by atoms with E-state index in [-0.39, 0.29) is 0 Å². The van der Waals surface area contributed by atoms with E-state index < -0.39 is 9.84 Å². The van der Waals surface area contributed by atoms with Gasteiger partial charge in [0.1, 0.15) is 0 Å². The van der Waals surface area contributed by atoms with E-state index in [1.54, 1.807) is 0 Å². The number of sulfone groups is 1. The molecule has 1 aliphatic rings. The van der Waals surface area contributed by atoms with Crippen molar-refractivity contribution >= 4 is 9.84 Å². The molecule has 0 bridgehead atoms. The van der Waals surface area contributed by atoms with Gasteiger partial charge in [-0.1, -0.05) is 20.8 Å². The molecule has 108 valence electrons. The van der Waals surface area contributed by atoms with Gasteiger partial charge < -0.3 is 5.32 Å². The van der Waals surface area contributed by atoms with Crippen molar-refractivity contribution in [3.63, 3.8) is 0 Å². The maximum atomic E-state index is 11.6. The molecule has 1 saturated heterocycles. The lowest BCUT2D eigenvalue weighted by atomic mass is 10.1. The highest BCUT2D eigenvalue weighted by molar-refractivity contribution is 7.91. The molecule has 0 aromatic rings. The van der Waals surface area contributed by atoms with E-state index in [4.69, 9.17) is 0 Å². The molecule has 1 rings (SSSR count). The molecule has 0 aromatic heterocycles. The summed E-state index contributed by atoms with van der Waals surface area (Å²) < 4.78 is 23.2. The van der Waals surface area contributed by atoms with E-state index in [9.17, 15) is 8.42 Å². The van der Waals surface area contributed by atoms with Crippen LogP contribution in [0.1, 0.15) is 33.6 Å². The summed E-state index contributed by atoms with van der Waals surface area (Å²) in [5, 5.41) is 3.48. The first-order valence-electron chi connectivity index (χ1n) is 7.09. The zero-order valence-corrected chi connectivity index (χ0v) is 12.8. The highest BCUT2D eigenvalue weighted by Gasteiger charge is 2.23. The van der Waals surface area contributed by atoms with Gasteiger partial charge in [0.25, 0.3) is 0 Å². The van der Waals surface area contributed by atoms with Crippen LogP contribution in [0.2, 0.25) is 0 Å². The molecule has 1 heterocycles. The Morgan fingerprint density at radius 1 is 1.17 bits per heavy atom. The second kappa shape index (κ2) is 7.46. The third kappa shape index (κ3) is 5.67. The molecule has 1 aliphatic heterocycles. The Morgan fingerprint density at radius 2 is 1.89 bits per heavy atom. The average molecular weight is 276 g/mol. The van der Waals surface area contributed by atoms with Crippen molar-refractivity contribution < 1.29 is 8.42 Å². The van der Waals surface area contributed by atoms with Crippen molar-refractivity contribution in [1.29, 1.82) is 0 Å². The van der Waals surface area contributed by atoms with Crippen LogP contribution in [0.15, 0.2) is 0 Å². The number of nitrogens with one attached hydrogen (secondary N) is 1. The van der Waals surface area contributed by atoms with Crippen LogP contribution in [-0.4, -0.2) is 57.0 Å². The molecule has 0 radical (unpaired) electrons. The van der Waals surface area contributed by atoms with Crippen molar-refractivity contribution in [2.24, 2.45) is 5.92 Å². The van der Waals surface area contributed by atoms with E-state index >= 15 is 0 Å². The summed E-state index contributed by atoms with van der Waals surface area (Å²) in [6.07, 6.45) is 1.86. The normalized spacial score (nSPS) is 22.9. The summed E-state index contributed by atoms with van der Waals surface area (Å²) in [5.41, 5.74) is 0. The molecule has 0 aliphatic carbocycles. The molecule has 0 aromatic carbocycles. The summed E-state index contributed by atoms with van der Waals surface area (Å²) in [7, 11) is -2.79. The van der Waals surface area contributed by atoms with Crippen molar-refractivity contribution in [2.45, 2.75) is 39.7 Å². The highest BCUT2D eigenvalue weighted by Crippen LogP contribution is 2.10. The lowest BCUT2D eigenvalue weighted by molar-refractivity contribution is 0.199. The molecular formula is C13H28N2O2S. The minimum Gasteiger partial charge on any atom is -0.315 e. The zero-order chi connectivity index (χ0) is 13.6. The van der Waals surface area contributed by atoms with Crippen LogP contribution in [0.25, 0.3) is 0 Å². The van der Waals surface area contributed by atoms with E-state index in [1.807, 2.05) is 0 Å². The quantitative estimate of drug-likeness (QED) is 0.790. The number of rotatable bonds is 6. The largest absolute Gasteiger partial charge is 0.315 e. The fourth-order valence-electron chi connectivity index (χ4n) is 2.39. The maximum absolute atomic E-state index is 11.6. The predicted molar refractivity (Wildman–Crippen MR) is 76.6 cm³/mol. The van der Waals surface area contributed by atoms with Crippen LogP contribution >= 0.6 is 0 Å². The first-order chi connectivity index (χ1) is 8.44. The van der Waals surface area contributed by atoms with Gasteiger partial charge in [0.05, 0.1) is 11.5 Å². The lowest BCUT2D eigenvalue weighted by Gasteiger charge is -2.30. The Morgan fingerprint density at radius 3 is 2.50 bits per heavy atom. The topological polar surface area (TPSA) is 49.4 Å². The second-order valence-electron chi connectivity index (χ2n) is 5.66. The first-order valence-corrected chi connectivity index (χ1v) is 8.92. The molecule has 0 saturated carbocycles. The Balaban J connectivity index is 2.44. The van der Waals surface area contributed by atoms with Gasteiger partial charge in [-0.3, -0.25) is 4.90 Å². The Hall–Kier alpha value is -0.130. The SMILES string of the molecule is CCC(CNCC(C)C)N1CCCS(=O)(=O)CC1. The fourth-order valence-corrected chi connectivity index (χ4v) is 3.68. The van der Waals surface area contributed by atoms with Crippen LogP contribution in [0, 0.1) is 5.92 Å². The second-order valence-corrected chi connectivity index (χ2v) is 7.96. The molecule has 1 N–H and O–H groups in total. The highest BCUT2D eigenvalue weighted by atomic mass is 32.2. The molecule has 1 atom stereocenters. The van der Waals surface area contributed by atoms with Crippen molar-refractivity contribution in [1.82, 2.24) is 10.2 Å². The smallest absolute Gasteiger partial charge is 0.151 e. The van der Waals surface area contributed by atoms with Crippen LogP contribution < -0.4 is 5.32 Å². The summed E-state index contributed by atoms with van der Waals surface area (Å²) in [6, 6.07) is 0.469.